The normalized spacial score (nSPS) is 17.4. The molecule has 3 atom stereocenters. The molecule has 10 nitrogen and oxygen atoms in total. The number of fused-ring (bicyclic) bond motifs is 2. The van der Waals surface area contributed by atoms with E-state index in [9.17, 15) is 27.5 Å². The highest BCUT2D eigenvalue weighted by Gasteiger charge is 2.57. The van der Waals surface area contributed by atoms with Crippen molar-refractivity contribution in [3.63, 3.8) is 0 Å². The van der Waals surface area contributed by atoms with Crippen molar-refractivity contribution < 1.29 is 36.9 Å². The Kier molecular flexibility index (Phi) is 7.39. The molecule has 0 saturated carbocycles. The second-order valence-electron chi connectivity index (χ2n) is 10.7. The second-order valence-corrected chi connectivity index (χ2v) is 10.7. The largest absolute Gasteiger partial charge is 0.494 e. The summed E-state index contributed by atoms with van der Waals surface area (Å²) in [6, 6.07) is 9.91. The minimum atomic E-state index is -5.29. The molecular weight excluding hydrogens is 596 g/mol. The van der Waals surface area contributed by atoms with E-state index in [1.165, 1.54) is 43.9 Å². The van der Waals surface area contributed by atoms with Crippen LogP contribution < -0.4 is 14.8 Å². The lowest BCUT2D eigenvalue weighted by atomic mass is 9.92. The molecular formula is C31H26F4N6O4. The van der Waals surface area contributed by atoms with Crippen molar-refractivity contribution in [2.75, 3.05) is 13.7 Å². The zero-order valence-electron chi connectivity index (χ0n) is 24.1. The zero-order valence-corrected chi connectivity index (χ0v) is 24.1. The maximum Gasteiger partial charge on any atom is 0.424 e. The lowest BCUT2D eigenvalue weighted by Gasteiger charge is -2.31. The number of halogens is 4. The SMILES string of the molecule is COc1cc(C(=O)NC[C@](O)(c2cc3c(c(-c4ccc(F)cc4)n2)O[C@@H](C)[C@@H]3n2ccnc2)C(F)(F)F)cc2cc(C)nnc12. The van der Waals surface area contributed by atoms with Gasteiger partial charge in [0.2, 0.25) is 5.60 Å². The lowest BCUT2D eigenvalue weighted by molar-refractivity contribution is -0.265. The minimum absolute atomic E-state index is 0.0208. The number of methoxy groups -OCH3 is 1. The fourth-order valence-corrected chi connectivity index (χ4v) is 5.41. The highest BCUT2D eigenvalue weighted by atomic mass is 19.4. The number of amides is 1. The fraction of sp³-hybridized carbons (Fsp3) is 0.258. The van der Waals surface area contributed by atoms with E-state index in [0.29, 0.717) is 22.2 Å². The van der Waals surface area contributed by atoms with Gasteiger partial charge < -0.3 is 24.5 Å². The smallest absolute Gasteiger partial charge is 0.424 e. The summed E-state index contributed by atoms with van der Waals surface area (Å²) in [6.07, 6.45) is -1.19. The van der Waals surface area contributed by atoms with E-state index in [2.05, 4.69) is 25.5 Å². The maximum atomic E-state index is 14.8. The van der Waals surface area contributed by atoms with Gasteiger partial charge in [-0.2, -0.15) is 18.3 Å². The molecule has 4 heterocycles. The van der Waals surface area contributed by atoms with Crippen LogP contribution in [0.15, 0.2) is 67.3 Å². The molecule has 0 aliphatic carbocycles. The van der Waals surface area contributed by atoms with Crippen LogP contribution in [0.5, 0.6) is 11.5 Å². The summed E-state index contributed by atoms with van der Waals surface area (Å²) in [7, 11) is 1.36. The first-order valence-electron chi connectivity index (χ1n) is 13.7. The molecule has 6 rings (SSSR count). The van der Waals surface area contributed by atoms with Gasteiger partial charge in [0.25, 0.3) is 5.91 Å². The Morgan fingerprint density at radius 1 is 1.13 bits per heavy atom. The Hall–Kier alpha value is -5.11. The highest BCUT2D eigenvalue weighted by Crippen LogP contribution is 2.48. The van der Waals surface area contributed by atoms with Gasteiger partial charge in [0.1, 0.15) is 28.9 Å². The van der Waals surface area contributed by atoms with Crippen molar-refractivity contribution in [1.82, 2.24) is 30.0 Å². The summed E-state index contributed by atoms with van der Waals surface area (Å²) < 4.78 is 71.3. The van der Waals surface area contributed by atoms with Crippen LogP contribution in [-0.4, -0.2) is 61.7 Å². The first-order chi connectivity index (χ1) is 21.4. The zero-order chi connectivity index (χ0) is 32.1. The number of pyridine rings is 1. The Morgan fingerprint density at radius 3 is 2.56 bits per heavy atom. The maximum absolute atomic E-state index is 14.8. The van der Waals surface area contributed by atoms with E-state index in [1.54, 1.807) is 30.7 Å². The number of imidazole rings is 1. The number of carbonyl (C=O) groups excluding carboxylic acids is 1. The fourth-order valence-electron chi connectivity index (χ4n) is 5.41. The van der Waals surface area contributed by atoms with E-state index in [1.807, 2.05) is 0 Å². The van der Waals surface area contributed by atoms with Crippen LogP contribution in [0.4, 0.5) is 17.6 Å². The molecule has 45 heavy (non-hydrogen) atoms. The third-order valence-electron chi connectivity index (χ3n) is 7.69. The van der Waals surface area contributed by atoms with E-state index in [4.69, 9.17) is 9.47 Å². The molecule has 0 bridgehead atoms. The number of rotatable bonds is 7. The molecule has 14 heteroatoms. The van der Waals surface area contributed by atoms with Gasteiger partial charge in [0.15, 0.2) is 5.75 Å². The van der Waals surface area contributed by atoms with Crippen molar-refractivity contribution in [3.05, 3.63) is 95.6 Å². The summed E-state index contributed by atoms with van der Waals surface area (Å²) >= 11 is 0. The number of alkyl halides is 3. The predicted octanol–water partition coefficient (Wildman–Crippen LogP) is 4.89. The Bertz CT molecular complexity index is 1900. The number of benzene rings is 2. The number of aryl methyl sites for hydroxylation is 1. The minimum Gasteiger partial charge on any atom is -0.494 e. The number of nitrogens with zero attached hydrogens (tertiary/aromatic N) is 5. The molecule has 0 unspecified atom stereocenters. The molecule has 0 fully saturated rings. The van der Waals surface area contributed by atoms with Crippen LogP contribution in [0, 0.1) is 12.7 Å². The van der Waals surface area contributed by atoms with Crippen LogP contribution in [0.3, 0.4) is 0 Å². The molecule has 1 aliphatic rings. The molecule has 2 aromatic carbocycles. The molecule has 232 valence electrons. The quantitative estimate of drug-likeness (QED) is 0.246. The van der Waals surface area contributed by atoms with E-state index in [0.717, 1.165) is 18.2 Å². The molecule has 5 aromatic rings. The van der Waals surface area contributed by atoms with Crippen LogP contribution >= 0.6 is 0 Å². The van der Waals surface area contributed by atoms with E-state index < -0.39 is 47.9 Å². The monoisotopic (exact) mass is 622 g/mol. The topological polar surface area (TPSA) is 124 Å². The Balaban J connectivity index is 1.43. The molecule has 0 saturated heterocycles. The van der Waals surface area contributed by atoms with E-state index >= 15 is 0 Å². The molecule has 2 N–H and O–H groups in total. The first-order valence-corrected chi connectivity index (χ1v) is 13.7. The van der Waals surface area contributed by atoms with Gasteiger partial charge >= 0.3 is 6.18 Å². The van der Waals surface area contributed by atoms with Crippen molar-refractivity contribution in [3.8, 4) is 22.8 Å². The third kappa shape index (κ3) is 5.30. The average Bonchev–Trinajstić information content (AvgIpc) is 3.65. The Labute approximate surface area is 253 Å². The van der Waals surface area contributed by atoms with Crippen LogP contribution in [-0.2, 0) is 5.60 Å². The van der Waals surface area contributed by atoms with Crippen molar-refractivity contribution >= 4 is 16.8 Å². The number of hydrogen-bond donors (Lipinski definition) is 2. The number of nitrogens with one attached hydrogen (secondary N) is 1. The third-order valence-corrected chi connectivity index (χ3v) is 7.69. The van der Waals surface area contributed by atoms with Crippen molar-refractivity contribution in [1.29, 1.82) is 0 Å². The van der Waals surface area contributed by atoms with Crippen LogP contribution in [0.2, 0.25) is 0 Å². The summed E-state index contributed by atoms with van der Waals surface area (Å²) in [4.78, 5) is 21.5. The summed E-state index contributed by atoms with van der Waals surface area (Å²) in [5, 5.41) is 22.1. The van der Waals surface area contributed by atoms with Gasteiger partial charge in [-0.15, -0.1) is 5.10 Å². The predicted molar refractivity (Wildman–Crippen MR) is 153 cm³/mol. The number of aliphatic hydroxyl groups is 1. The van der Waals surface area contributed by atoms with Crippen molar-refractivity contribution in [2.45, 2.75) is 37.8 Å². The first kappa shape index (κ1) is 29.9. The summed E-state index contributed by atoms with van der Waals surface area (Å²) in [5.74, 6) is -1.08. The number of hydrogen-bond acceptors (Lipinski definition) is 8. The van der Waals surface area contributed by atoms with E-state index in [-0.39, 0.29) is 28.3 Å². The average molecular weight is 623 g/mol. The molecule has 0 spiro atoms. The highest BCUT2D eigenvalue weighted by molar-refractivity contribution is 5.99. The van der Waals surface area contributed by atoms with Crippen molar-refractivity contribution in [2.24, 2.45) is 0 Å². The molecule has 1 aliphatic heterocycles. The number of aromatic nitrogens is 5. The van der Waals surface area contributed by atoms with Crippen LogP contribution in [0.25, 0.3) is 22.2 Å². The summed E-state index contributed by atoms with van der Waals surface area (Å²) in [5.41, 5.74) is -2.97. The number of carbonyl (C=O) groups is 1. The van der Waals surface area contributed by atoms with Gasteiger partial charge in [-0.1, -0.05) is 0 Å². The van der Waals surface area contributed by atoms with Gasteiger partial charge in [-0.05, 0) is 62.4 Å². The standard InChI is InChI=1S/C31H26F4N6O4/c1-16-10-19-11-20(12-23(44-3)25(19)40-39-16)29(42)37-14-30(43,31(33,34)35)24-13-22-27(41-9-8-36-15-41)17(2)45-28(22)26(38-24)18-4-6-21(32)7-5-18/h4-13,15,17,27,43H,14H2,1-3H3,(H,37,42)/t17-,27-,30-/m0/s1. The van der Waals surface area contributed by atoms with Gasteiger partial charge in [0.05, 0.1) is 37.4 Å². The lowest BCUT2D eigenvalue weighted by Crippen LogP contribution is -2.51. The second kappa shape index (κ2) is 11.1. The Morgan fingerprint density at radius 2 is 1.89 bits per heavy atom. The van der Waals surface area contributed by atoms with Crippen LogP contribution in [0.1, 0.15) is 40.3 Å². The van der Waals surface area contributed by atoms with Gasteiger partial charge in [-0.25, -0.2) is 14.4 Å². The van der Waals surface area contributed by atoms with Gasteiger partial charge in [0, 0.05) is 34.5 Å². The molecule has 0 radical (unpaired) electrons. The molecule has 3 aromatic heterocycles. The molecule has 1 amide bonds. The van der Waals surface area contributed by atoms with Gasteiger partial charge in [-0.3, -0.25) is 4.79 Å². The summed E-state index contributed by atoms with van der Waals surface area (Å²) in [6.45, 7) is 2.16. The number of ether oxygens (including phenoxy) is 2.